The number of aromatic nitrogens is 2. The third-order valence-corrected chi connectivity index (χ3v) is 5.99. The average molecular weight is 380 g/mol. The van der Waals surface area contributed by atoms with Crippen molar-refractivity contribution < 1.29 is 9.59 Å². The van der Waals surface area contributed by atoms with Crippen LogP contribution in [-0.4, -0.2) is 21.8 Å². The predicted molar refractivity (Wildman–Crippen MR) is 105 cm³/mol. The van der Waals surface area contributed by atoms with E-state index in [0.29, 0.717) is 22.9 Å². The van der Waals surface area contributed by atoms with E-state index in [-0.39, 0.29) is 5.91 Å². The average Bonchev–Trinajstić information content (AvgIpc) is 3.44. The molecule has 1 aromatic carbocycles. The first kappa shape index (κ1) is 17.6. The van der Waals surface area contributed by atoms with Crippen molar-refractivity contribution in [2.45, 2.75) is 39.2 Å². The van der Waals surface area contributed by atoms with Crippen LogP contribution in [0.1, 0.15) is 61.4 Å². The molecule has 138 valence electrons. The van der Waals surface area contributed by atoms with Gasteiger partial charge in [0.25, 0.3) is 5.91 Å². The maximum absolute atomic E-state index is 12.7. The molecule has 1 aliphatic rings. The number of hydrogen-bond acceptors (Lipinski definition) is 5. The molecular formula is C20H20N4O2S. The third kappa shape index (κ3) is 3.42. The van der Waals surface area contributed by atoms with Crippen molar-refractivity contribution in [3.8, 4) is 0 Å². The van der Waals surface area contributed by atoms with E-state index >= 15 is 0 Å². The Bertz CT molecular complexity index is 1070. The van der Waals surface area contributed by atoms with Gasteiger partial charge in [0.15, 0.2) is 0 Å². The number of carbonyl (C=O) groups is 2. The van der Waals surface area contributed by atoms with E-state index in [1.54, 1.807) is 18.2 Å². The highest BCUT2D eigenvalue weighted by Crippen LogP contribution is 2.40. The highest BCUT2D eigenvalue weighted by Gasteiger charge is 2.28. The lowest BCUT2D eigenvalue weighted by molar-refractivity contribution is 0.0953. The number of fused-ring (bicyclic) bond motifs is 1. The number of nitrogens with two attached hydrogens (primary N) is 1. The summed E-state index contributed by atoms with van der Waals surface area (Å²) in [6, 6.07) is 6.95. The quantitative estimate of drug-likeness (QED) is 0.710. The minimum atomic E-state index is -0.482. The van der Waals surface area contributed by atoms with Crippen molar-refractivity contribution in [3.63, 3.8) is 0 Å². The molecule has 0 saturated heterocycles. The molecule has 2 heterocycles. The van der Waals surface area contributed by atoms with E-state index in [4.69, 9.17) is 5.73 Å². The van der Waals surface area contributed by atoms with E-state index in [1.165, 1.54) is 11.3 Å². The van der Waals surface area contributed by atoms with E-state index < -0.39 is 5.91 Å². The Morgan fingerprint density at radius 3 is 2.74 bits per heavy atom. The van der Waals surface area contributed by atoms with E-state index in [1.807, 2.05) is 19.9 Å². The van der Waals surface area contributed by atoms with E-state index in [0.717, 1.165) is 45.7 Å². The maximum atomic E-state index is 12.7. The Balaban J connectivity index is 1.57. The zero-order chi connectivity index (χ0) is 19.1. The molecule has 7 heteroatoms. The number of nitrogens with one attached hydrogen (secondary N) is 1. The summed E-state index contributed by atoms with van der Waals surface area (Å²) < 4.78 is 0. The number of hydrogen-bond donors (Lipinski definition) is 2. The lowest BCUT2D eigenvalue weighted by atomic mass is 10.1. The summed E-state index contributed by atoms with van der Waals surface area (Å²) in [5.41, 5.74) is 8.41. The Morgan fingerprint density at radius 1 is 1.26 bits per heavy atom. The molecule has 1 aliphatic carbocycles. The Labute approximate surface area is 160 Å². The molecule has 1 fully saturated rings. The monoisotopic (exact) mass is 380 g/mol. The molecule has 0 aliphatic heterocycles. The van der Waals surface area contributed by atoms with Crippen LogP contribution < -0.4 is 11.1 Å². The van der Waals surface area contributed by atoms with Gasteiger partial charge in [-0.25, -0.2) is 9.97 Å². The Morgan fingerprint density at radius 2 is 2.04 bits per heavy atom. The number of carbonyl (C=O) groups excluding carboxylic acids is 2. The van der Waals surface area contributed by atoms with Gasteiger partial charge in [0.05, 0.1) is 10.6 Å². The van der Waals surface area contributed by atoms with Gasteiger partial charge in [-0.2, -0.15) is 0 Å². The number of benzene rings is 1. The van der Waals surface area contributed by atoms with Crippen molar-refractivity contribution >= 4 is 33.4 Å². The molecule has 27 heavy (non-hydrogen) atoms. The van der Waals surface area contributed by atoms with Crippen LogP contribution in [-0.2, 0) is 6.54 Å². The predicted octanol–water partition coefficient (Wildman–Crippen LogP) is 3.21. The first-order valence-electron chi connectivity index (χ1n) is 8.88. The fraction of sp³-hybridized carbons (Fsp3) is 0.300. The van der Waals surface area contributed by atoms with Gasteiger partial charge >= 0.3 is 0 Å². The van der Waals surface area contributed by atoms with Crippen molar-refractivity contribution in [1.82, 2.24) is 15.3 Å². The minimum Gasteiger partial charge on any atom is -0.366 e. The Hall–Kier alpha value is -2.80. The van der Waals surface area contributed by atoms with Gasteiger partial charge in [-0.1, -0.05) is 12.1 Å². The largest absolute Gasteiger partial charge is 0.366 e. The molecule has 0 unspecified atom stereocenters. The summed E-state index contributed by atoms with van der Waals surface area (Å²) in [5, 5.41) is 3.90. The van der Waals surface area contributed by atoms with Gasteiger partial charge < -0.3 is 11.1 Å². The second-order valence-corrected chi connectivity index (χ2v) is 7.92. The highest BCUT2D eigenvalue weighted by molar-refractivity contribution is 7.20. The zero-order valence-corrected chi connectivity index (χ0v) is 16.0. The topological polar surface area (TPSA) is 98.0 Å². The van der Waals surface area contributed by atoms with Gasteiger partial charge in [0, 0.05) is 23.4 Å². The summed E-state index contributed by atoms with van der Waals surface area (Å²) in [6.07, 6.45) is 2.29. The summed E-state index contributed by atoms with van der Waals surface area (Å²) in [7, 11) is 0. The lowest BCUT2D eigenvalue weighted by Crippen LogP contribution is -2.22. The molecule has 3 aromatic rings. The van der Waals surface area contributed by atoms with Crippen LogP contribution in [0.25, 0.3) is 10.2 Å². The number of rotatable bonds is 5. The van der Waals surface area contributed by atoms with Crippen molar-refractivity contribution in [2.24, 2.45) is 5.73 Å². The molecule has 6 nitrogen and oxygen atoms in total. The minimum absolute atomic E-state index is 0.146. The van der Waals surface area contributed by atoms with Crippen molar-refractivity contribution in [3.05, 3.63) is 57.4 Å². The standard InChI is InChI=1S/C20H20N4O2S/c1-10-15-11(2)23-18(13-6-7-13)24-20(15)27-16(10)19(26)22-9-12-4-3-5-14(8-12)17(21)25/h3-5,8,13H,6-7,9H2,1-2H3,(H2,21,25)(H,22,26). The summed E-state index contributed by atoms with van der Waals surface area (Å²) in [5.74, 6) is 0.748. The molecule has 0 atom stereocenters. The van der Waals surface area contributed by atoms with Crippen molar-refractivity contribution in [1.29, 1.82) is 0 Å². The van der Waals surface area contributed by atoms with Crippen LogP contribution in [0.15, 0.2) is 24.3 Å². The van der Waals surface area contributed by atoms with Gasteiger partial charge in [-0.3, -0.25) is 9.59 Å². The molecule has 4 rings (SSSR count). The lowest BCUT2D eigenvalue weighted by Gasteiger charge is -2.06. The molecule has 0 radical (unpaired) electrons. The number of primary amides is 1. The zero-order valence-electron chi connectivity index (χ0n) is 15.2. The number of amides is 2. The van der Waals surface area contributed by atoms with Crippen LogP contribution in [0.3, 0.4) is 0 Å². The van der Waals surface area contributed by atoms with Crippen LogP contribution in [0.2, 0.25) is 0 Å². The number of thiophene rings is 1. The van der Waals surface area contributed by atoms with Crippen LogP contribution in [0.5, 0.6) is 0 Å². The number of nitrogens with zero attached hydrogens (tertiary/aromatic N) is 2. The van der Waals surface area contributed by atoms with Gasteiger partial charge in [-0.15, -0.1) is 11.3 Å². The summed E-state index contributed by atoms with van der Waals surface area (Å²) in [4.78, 5) is 34.9. The smallest absolute Gasteiger partial charge is 0.261 e. The summed E-state index contributed by atoms with van der Waals surface area (Å²) in [6.45, 7) is 4.24. The second kappa shape index (κ2) is 6.74. The fourth-order valence-electron chi connectivity index (χ4n) is 3.20. The maximum Gasteiger partial charge on any atom is 0.261 e. The molecule has 0 spiro atoms. The van der Waals surface area contributed by atoms with Gasteiger partial charge in [-0.05, 0) is 49.9 Å². The third-order valence-electron chi connectivity index (χ3n) is 4.80. The van der Waals surface area contributed by atoms with Gasteiger partial charge in [0.1, 0.15) is 10.7 Å². The molecule has 1 saturated carbocycles. The first-order valence-corrected chi connectivity index (χ1v) is 9.70. The molecular weight excluding hydrogens is 360 g/mol. The van der Waals surface area contributed by atoms with E-state index in [9.17, 15) is 9.59 Å². The molecule has 0 bridgehead atoms. The molecule has 2 aromatic heterocycles. The van der Waals surface area contributed by atoms with Crippen molar-refractivity contribution in [2.75, 3.05) is 0 Å². The second-order valence-electron chi connectivity index (χ2n) is 6.93. The van der Waals surface area contributed by atoms with E-state index in [2.05, 4.69) is 15.3 Å². The Kier molecular flexibility index (Phi) is 4.39. The van der Waals surface area contributed by atoms with Crippen LogP contribution in [0, 0.1) is 13.8 Å². The molecule has 2 amide bonds. The normalized spacial score (nSPS) is 13.7. The molecule has 3 N–H and O–H groups in total. The fourth-order valence-corrected chi connectivity index (χ4v) is 4.35. The highest BCUT2D eigenvalue weighted by atomic mass is 32.1. The first-order chi connectivity index (χ1) is 12.9. The van der Waals surface area contributed by atoms with Crippen LogP contribution in [0.4, 0.5) is 0 Å². The SMILES string of the molecule is Cc1nc(C2CC2)nc2sc(C(=O)NCc3cccc(C(N)=O)c3)c(C)c12. The van der Waals surface area contributed by atoms with Gasteiger partial charge in [0.2, 0.25) is 5.91 Å². The van der Waals surface area contributed by atoms with Crippen LogP contribution >= 0.6 is 11.3 Å². The summed E-state index contributed by atoms with van der Waals surface area (Å²) >= 11 is 1.41. The number of aryl methyl sites for hydroxylation is 2.